The zero-order chi connectivity index (χ0) is 24.5. The van der Waals surface area contributed by atoms with E-state index in [-0.39, 0.29) is 17.8 Å². The number of piperidine rings is 1. The number of carbonyl (C=O) groups is 1. The molecule has 1 saturated heterocycles. The van der Waals surface area contributed by atoms with Crippen molar-refractivity contribution in [3.8, 4) is 5.69 Å². The fraction of sp³-hybridized carbons (Fsp3) is 0.308. The van der Waals surface area contributed by atoms with Crippen LogP contribution in [-0.4, -0.2) is 27.1 Å². The summed E-state index contributed by atoms with van der Waals surface area (Å²) in [7, 11) is 0. The standard InChI is InChI=1S/C26H25F4N3O/c1-3-13-25(20-6-8-21(27)9-7-20)14-16-32(24(34)17-25)18(2)19-4-10-22(11-5-19)33-15-12-23(31-33)26(28,29)30/h3-12,15,18H,1,13-14,16-17H2,2H3/t18-,25?/m0/s1. The smallest absolute Gasteiger partial charge is 0.336 e. The van der Waals surface area contributed by atoms with Crippen molar-refractivity contribution in [3.05, 3.63) is 96.1 Å². The summed E-state index contributed by atoms with van der Waals surface area (Å²) >= 11 is 0. The van der Waals surface area contributed by atoms with E-state index >= 15 is 0 Å². The van der Waals surface area contributed by atoms with Crippen LogP contribution in [0.4, 0.5) is 17.6 Å². The van der Waals surface area contributed by atoms with Gasteiger partial charge in [-0.3, -0.25) is 4.79 Å². The largest absolute Gasteiger partial charge is 0.435 e. The third-order valence-corrected chi connectivity index (χ3v) is 6.62. The van der Waals surface area contributed by atoms with Gasteiger partial charge in [-0.15, -0.1) is 6.58 Å². The first-order valence-electron chi connectivity index (χ1n) is 11.0. The third-order valence-electron chi connectivity index (χ3n) is 6.62. The van der Waals surface area contributed by atoms with Crippen molar-refractivity contribution in [2.75, 3.05) is 6.54 Å². The van der Waals surface area contributed by atoms with Crippen LogP contribution in [0.2, 0.25) is 0 Å². The highest BCUT2D eigenvalue weighted by Crippen LogP contribution is 2.41. The molecule has 4 rings (SSSR count). The lowest BCUT2D eigenvalue weighted by Crippen LogP contribution is -2.47. The summed E-state index contributed by atoms with van der Waals surface area (Å²) in [6.45, 7) is 6.31. The van der Waals surface area contributed by atoms with Crippen LogP contribution in [-0.2, 0) is 16.4 Å². The van der Waals surface area contributed by atoms with Gasteiger partial charge in [0.05, 0.1) is 11.7 Å². The Kier molecular flexibility index (Phi) is 6.34. The summed E-state index contributed by atoms with van der Waals surface area (Å²) in [6.07, 6.45) is 0.193. The molecule has 0 bridgehead atoms. The number of halogens is 4. The Morgan fingerprint density at radius 2 is 1.79 bits per heavy atom. The molecule has 0 saturated carbocycles. The van der Waals surface area contributed by atoms with E-state index in [1.807, 2.05) is 11.8 Å². The molecule has 1 aliphatic rings. The third kappa shape index (κ3) is 4.62. The maximum absolute atomic E-state index is 13.4. The normalized spacial score (nSPS) is 19.8. The number of carbonyl (C=O) groups excluding carboxylic acids is 1. The number of aromatic nitrogens is 2. The van der Waals surface area contributed by atoms with E-state index in [4.69, 9.17) is 0 Å². The molecule has 3 aromatic rings. The summed E-state index contributed by atoms with van der Waals surface area (Å²) in [5, 5.41) is 3.59. The van der Waals surface area contributed by atoms with Gasteiger partial charge in [0, 0.05) is 24.6 Å². The molecule has 0 spiro atoms. The summed E-state index contributed by atoms with van der Waals surface area (Å²) in [5.41, 5.74) is 0.934. The monoisotopic (exact) mass is 471 g/mol. The van der Waals surface area contributed by atoms with Gasteiger partial charge in [0.2, 0.25) is 5.91 Å². The van der Waals surface area contributed by atoms with Crippen LogP contribution in [0.15, 0.2) is 73.4 Å². The number of allylic oxidation sites excluding steroid dienone is 1. The summed E-state index contributed by atoms with van der Waals surface area (Å²) in [5.74, 6) is -0.320. The molecule has 1 aromatic heterocycles. The van der Waals surface area contributed by atoms with Gasteiger partial charge < -0.3 is 4.90 Å². The van der Waals surface area contributed by atoms with Crippen molar-refractivity contribution in [2.24, 2.45) is 0 Å². The Labute approximate surface area is 195 Å². The Bertz CT molecular complexity index is 1170. The lowest BCUT2D eigenvalue weighted by Gasteiger charge is -2.43. The highest BCUT2D eigenvalue weighted by molar-refractivity contribution is 5.79. The van der Waals surface area contributed by atoms with Crippen LogP contribution >= 0.6 is 0 Å². The Balaban J connectivity index is 1.50. The highest BCUT2D eigenvalue weighted by Gasteiger charge is 2.41. The Morgan fingerprint density at radius 3 is 2.35 bits per heavy atom. The second-order valence-electron chi connectivity index (χ2n) is 8.70. The average molecular weight is 471 g/mol. The summed E-state index contributed by atoms with van der Waals surface area (Å²) in [4.78, 5) is 15.0. The lowest BCUT2D eigenvalue weighted by atomic mass is 9.70. The molecule has 34 heavy (non-hydrogen) atoms. The minimum Gasteiger partial charge on any atom is -0.336 e. The molecule has 0 N–H and O–H groups in total. The van der Waals surface area contributed by atoms with Crippen LogP contribution < -0.4 is 0 Å². The molecule has 178 valence electrons. The minimum atomic E-state index is -4.50. The second-order valence-corrected chi connectivity index (χ2v) is 8.70. The van der Waals surface area contributed by atoms with Gasteiger partial charge in [-0.1, -0.05) is 30.3 Å². The number of nitrogens with zero attached hydrogens (tertiary/aromatic N) is 3. The van der Waals surface area contributed by atoms with Gasteiger partial charge in [-0.2, -0.15) is 18.3 Å². The number of benzene rings is 2. The van der Waals surface area contributed by atoms with Crippen LogP contribution in [0, 0.1) is 5.82 Å². The molecule has 1 fully saturated rings. The molecule has 2 aromatic carbocycles. The zero-order valence-electron chi connectivity index (χ0n) is 18.7. The van der Waals surface area contributed by atoms with Gasteiger partial charge in [0.15, 0.2) is 5.69 Å². The molecule has 1 aliphatic heterocycles. The molecule has 1 unspecified atom stereocenters. The maximum atomic E-state index is 13.4. The predicted octanol–water partition coefficient (Wildman–Crippen LogP) is 6.23. The molecular formula is C26H25F4N3O. The topological polar surface area (TPSA) is 38.1 Å². The molecule has 0 aliphatic carbocycles. The van der Waals surface area contributed by atoms with Crippen molar-refractivity contribution in [1.29, 1.82) is 0 Å². The summed E-state index contributed by atoms with van der Waals surface area (Å²) < 4.78 is 53.1. The van der Waals surface area contributed by atoms with Crippen LogP contribution in [0.3, 0.4) is 0 Å². The van der Waals surface area contributed by atoms with Gasteiger partial charge in [-0.25, -0.2) is 9.07 Å². The number of alkyl halides is 3. The van der Waals surface area contributed by atoms with Gasteiger partial charge in [-0.05, 0) is 61.2 Å². The van der Waals surface area contributed by atoms with Crippen LogP contribution in [0.25, 0.3) is 5.69 Å². The number of hydrogen-bond acceptors (Lipinski definition) is 2. The number of hydrogen-bond donors (Lipinski definition) is 0. The predicted molar refractivity (Wildman–Crippen MR) is 121 cm³/mol. The van der Waals surface area contributed by atoms with Crippen LogP contribution in [0.5, 0.6) is 0 Å². The van der Waals surface area contributed by atoms with E-state index in [0.29, 0.717) is 31.5 Å². The second kappa shape index (κ2) is 9.08. The first kappa shape index (κ1) is 23.7. The molecule has 1 amide bonds. The zero-order valence-corrected chi connectivity index (χ0v) is 18.7. The van der Waals surface area contributed by atoms with Crippen LogP contribution in [0.1, 0.15) is 49.0 Å². The Hall–Kier alpha value is -3.42. The van der Waals surface area contributed by atoms with E-state index in [0.717, 1.165) is 17.2 Å². The van der Waals surface area contributed by atoms with E-state index in [2.05, 4.69) is 11.7 Å². The first-order valence-corrected chi connectivity index (χ1v) is 11.0. The van der Waals surface area contributed by atoms with Gasteiger partial charge >= 0.3 is 6.18 Å². The molecular weight excluding hydrogens is 446 g/mol. The van der Waals surface area contributed by atoms with Crippen molar-refractivity contribution < 1.29 is 22.4 Å². The number of amides is 1. The minimum absolute atomic E-state index is 0.00380. The highest BCUT2D eigenvalue weighted by atomic mass is 19.4. The van der Waals surface area contributed by atoms with Gasteiger partial charge in [0.1, 0.15) is 5.82 Å². The van der Waals surface area contributed by atoms with E-state index in [1.165, 1.54) is 23.0 Å². The fourth-order valence-electron chi connectivity index (χ4n) is 4.67. The van der Waals surface area contributed by atoms with Crippen molar-refractivity contribution in [2.45, 2.75) is 43.8 Å². The Morgan fingerprint density at radius 1 is 1.12 bits per heavy atom. The molecule has 0 radical (unpaired) electrons. The molecule has 2 atom stereocenters. The average Bonchev–Trinajstić information content (AvgIpc) is 3.31. The molecule has 4 nitrogen and oxygen atoms in total. The van der Waals surface area contributed by atoms with Gasteiger partial charge in [0.25, 0.3) is 0 Å². The van der Waals surface area contributed by atoms with E-state index in [9.17, 15) is 22.4 Å². The van der Waals surface area contributed by atoms with E-state index < -0.39 is 17.3 Å². The first-order chi connectivity index (χ1) is 16.1. The summed E-state index contributed by atoms with van der Waals surface area (Å²) in [6, 6.07) is 14.0. The SMILES string of the molecule is C=CCC1(c2ccc(F)cc2)CCN([C@@H](C)c2ccc(-n3ccc(C(F)(F)F)n3)cc2)C(=O)C1. The molecule has 8 heteroatoms. The quantitative estimate of drug-likeness (QED) is 0.316. The van der Waals surface area contributed by atoms with Crippen molar-refractivity contribution in [3.63, 3.8) is 0 Å². The number of likely N-dealkylation sites (tertiary alicyclic amines) is 1. The van der Waals surface area contributed by atoms with E-state index in [1.54, 1.807) is 42.5 Å². The van der Waals surface area contributed by atoms with Crippen molar-refractivity contribution >= 4 is 5.91 Å². The molecule has 2 heterocycles. The van der Waals surface area contributed by atoms with Crippen molar-refractivity contribution in [1.82, 2.24) is 14.7 Å². The fourth-order valence-corrected chi connectivity index (χ4v) is 4.67. The lowest BCUT2D eigenvalue weighted by molar-refractivity contribution is -0.141. The maximum Gasteiger partial charge on any atom is 0.435 e. The number of rotatable bonds is 6.